The maximum atomic E-state index is 14.9. The van der Waals surface area contributed by atoms with Crippen molar-refractivity contribution in [1.82, 2.24) is 34.4 Å². The summed E-state index contributed by atoms with van der Waals surface area (Å²) in [4.78, 5) is 37.7. The molecule has 42 heavy (non-hydrogen) atoms. The van der Waals surface area contributed by atoms with E-state index in [1.54, 1.807) is 28.8 Å². The number of anilines is 2. The van der Waals surface area contributed by atoms with E-state index in [4.69, 9.17) is 20.6 Å². The Morgan fingerprint density at radius 1 is 1.14 bits per heavy atom. The maximum absolute atomic E-state index is 14.9. The SMILES string of the molecule is NCCNC(=O)COc1ccc(N2CCN(CCn3c(=O)sc4c3nc(N)n3nc(-c5ccco5)nc43)CC2)c(F)c1. The molecule has 5 heterocycles. The number of nitrogens with zero attached hydrogens (tertiary/aromatic N) is 7. The second-order valence-electron chi connectivity index (χ2n) is 9.66. The summed E-state index contributed by atoms with van der Waals surface area (Å²) in [5.41, 5.74) is 12.9. The molecular weight excluding hydrogens is 567 g/mol. The normalized spacial score (nSPS) is 14.2. The van der Waals surface area contributed by atoms with Crippen LogP contribution in [-0.2, 0) is 11.3 Å². The van der Waals surface area contributed by atoms with Gasteiger partial charge >= 0.3 is 4.87 Å². The van der Waals surface area contributed by atoms with E-state index in [1.807, 2.05) is 4.90 Å². The summed E-state index contributed by atoms with van der Waals surface area (Å²) < 4.78 is 29.3. The zero-order valence-corrected chi connectivity index (χ0v) is 23.3. The molecule has 1 aliphatic heterocycles. The molecule has 0 atom stereocenters. The summed E-state index contributed by atoms with van der Waals surface area (Å²) in [7, 11) is 0. The summed E-state index contributed by atoms with van der Waals surface area (Å²) >= 11 is 1.05. The average Bonchev–Trinajstić information content (AvgIpc) is 3.74. The molecule has 0 spiro atoms. The van der Waals surface area contributed by atoms with Crippen molar-refractivity contribution in [2.24, 2.45) is 5.73 Å². The van der Waals surface area contributed by atoms with Gasteiger partial charge in [-0.25, -0.2) is 9.37 Å². The molecular formula is C26H29FN10O4S. The van der Waals surface area contributed by atoms with Crippen LogP contribution in [0.4, 0.5) is 16.0 Å². The molecule has 5 N–H and O–H groups in total. The van der Waals surface area contributed by atoms with Crippen molar-refractivity contribution >= 4 is 44.9 Å². The van der Waals surface area contributed by atoms with E-state index in [0.29, 0.717) is 85.6 Å². The molecule has 1 aromatic carbocycles. The summed E-state index contributed by atoms with van der Waals surface area (Å²) in [6.45, 7) is 4.10. The van der Waals surface area contributed by atoms with Gasteiger partial charge in [0, 0.05) is 58.4 Å². The van der Waals surface area contributed by atoms with Crippen molar-refractivity contribution in [3.63, 3.8) is 0 Å². The second-order valence-corrected chi connectivity index (χ2v) is 10.6. The first-order valence-corrected chi connectivity index (χ1v) is 14.2. The number of nitrogen functional groups attached to an aromatic ring is 1. The predicted octanol–water partition coefficient (Wildman–Crippen LogP) is 0.758. The Balaban J connectivity index is 1.08. The van der Waals surface area contributed by atoms with Gasteiger partial charge in [0.05, 0.1) is 12.0 Å². The third-order valence-electron chi connectivity index (χ3n) is 6.97. The van der Waals surface area contributed by atoms with E-state index < -0.39 is 5.82 Å². The van der Waals surface area contributed by atoms with Crippen LogP contribution in [0, 0.1) is 5.82 Å². The number of nitrogens with one attached hydrogen (secondary N) is 1. The zero-order valence-electron chi connectivity index (χ0n) is 22.5. The second kappa shape index (κ2) is 11.8. The van der Waals surface area contributed by atoms with Gasteiger partial charge in [-0.1, -0.05) is 11.3 Å². The third-order valence-corrected chi connectivity index (χ3v) is 7.93. The van der Waals surface area contributed by atoms with Crippen molar-refractivity contribution in [3.05, 3.63) is 52.1 Å². The van der Waals surface area contributed by atoms with Crippen molar-refractivity contribution < 1.29 is 18.3 Å². The van der Waals surface area contributed by atoms with Gasteiger partial charge in [0.25, 0.3) is 5.91 Å². The molecule has 14 nitrogen and oxygen atoms in total. The van der Waals surface area contributed by atoms with E-state index in [9.17, 15) is 14.0 Å². The van der Waals surface area contributed by atoms with Crippen LogP contribution in [0.1, 0.15) is 0 Å². The lowest BCUT2D eigenvalue weighted by Gasteiger charge is -2.36. The van der Waals surface area contributed by atoms with Gasteiger partial charge in [-0.15, -0.1) is 5.10 Å². The third kappa shape index (κ3) is 5.50. The van der Waals surface area contributed by atoms with Crippen molar-refractivity contribution in [2.75, 3.05) is 63.1 Å². The van der Waals surface area contributed by atoms with Crippen molar-refractivity contribution in [2.45, 2.75) is 6.54 Å². The van der Waals surface area contributed by atoms with Crippen LogP contribution in [0.25, 0.3) is 27.6 Å². The van der Waals surface area contributed by atoms with Crippen LogP contribution in [0.15, 0.2) is 45.8 Å². The lowest BCUT2D eigenvalue weighted by molar-refractivity contribution is -0.123. The number of thiazole rings is 1. The topological polar surface area (TPSA) is 175 Å². The smallest absolute Gasteiger partial charge is 0.309 e. The minimum Gasteiger partial charge on any atom is -0.484 e. The molecule has 0 radical (unpaired) electrons. The summed E-state index contributed by atoms with van der Waals surface area (Å²) in [6, 6.07) is 8.08. The fraction of sp³-hybridized carbons (Fsp3) is 0.346. The molecule has 1 fully saturated rings. The molecule has 220 valence electrons. The van der Waals surface area contributed by atoms with Crippen LogP contribution < -0.4 is 31.3 Å². The van der Waals surface area contributed by atoms with E-state index in [-0.39, 0.29) is 29.1 Å². The number of piperazine rings is 1. The molecule has 0 bridgehead atoms. The number of hydrogen-bond donors (Lipinski definition) is 3. The fourth-order valence-electron chi connectivity index (χ4n) is 4.84. The fourth-order valence-corrected chi connectivity index (χ4v) is 5.77. The first-order valence-electron chi connectivity index (χ1n) is 13.4. The van der Waals surface area contributed by atoms with Gasteiger partial charge in [-0.3, -0.25) is 19.1 Å². The average molecular weight is 597 g/mol. The summed E-state index contributed by atoms with van der Waals surface area (Å²) in [5.74, 6) is 0.514. The van der Waals surface area contributed by atoms with Gasteiger partial charge in [0.1, 0.15) is 16.3 Å². The first kappa shape index (κ1) is 27.6. The van der Waals surface area contributed by atoms with E-state index in [1.165, 1.54) is 16.8 Å². The van der Waals surface area contributed by atoms with E-state index in [2.05, 4.69) is 25.3 Å². The van der Waals surface area contributed by atoms with Gasteiger partial charge in [0.15, 0.2) is 23.7 Å². The molecule has 1 saturated heterocycles. The summed E-state index contributed by atoms with van der Waals surface area (Å²) in [6.07, 6.45) is 1.53. The van der Waals surface area contributed by atoms with E-state index in [0.717, 1.165) is 11.3 Å². The van der Waals surface area contributed by atoms with Gasteiger partial charge in [-0.05, 0) is 24.3 Å². The molecule has 0 aliphatic carbocycles. The van der Waals surface area contributed by atoms with Gasteiger partial charge < -0.3 is 30.8 Å². The number of carbonyl (C=O) groups excluding carboxylic acids is 1. The van der Waals surface area contributed by atoms with Crippen LogP contribution in [0.5, 0.6) is 5.75 Å². The quantitative estimate of drug-likeness (QED) is 0.208. The number of hydrogen-bond acceptors (Lipinski definition) is 12. The standard InChI is InChI=1S/C26H29FN10O4S/c27-17-14-16(41-15-20(38)30-6-5-28)3-4-18(17)35-10-7-34(8-11-35)9-12-36-23-21(42-26(36)39)24-31-22(19-2-1-13-40-19)33-37(24)25(29)32-23/h1-4,13-14H,5-12,15,28H2,(H2,29,32)(H,30,38). The number of ether oxygens (including phenoxy) is 1. The Morgan fingerprint density at radius 2 is 1.98 bits per heavy atom. The highest BCUT2D eigenvalue weighted by Gasteiger charge is 2.22. The van der Waals surface area contributed by atoms with Crippen LogP contribution in [-0.4, -0.2) is 87.4 Å². The molecule has 6 rings (SSSR count). The Hall–Kier alpha value is -4.54. The predicted molar refractivity (Wildman–Crippen MR) is 155 cm³/mol. The molecule has 1 amide bonds. The number of aromatic nitrogens is 5. The lowest BCUT2D eigenvalue weighted by atomic mass is 10.2. The first-order chi connectivity index (χ1) is 20.4. The molecule has 0 saturated carbocycles. The Labute approximate surface area is 242 Å². The number of halogens is 1. The molecule has 16 heteroatoms. The minimum absolute atomic E-state index is 0.122. The van der Waals surface area contributed by atoms with Crippen LogP contribution >= 0.6 is 11.3 Å². The molecule has 5 aromatic rings. The van der Waals surface area contributed by atoms with Crippen molar-refractivity contribution in [3.8, 4) is 17.3 Å². The maximum Gasteiger partial charge on any atom is 0.309 e. The number of benzene rings is 1. The number of furan rings is 1. The Morgan fingerprint density at radius 3 is 2.71 bits per heavy atom. The van der Waals surface area contributed by atoms with Crippen molar-refractivity contribution in [1.29, 1.82) is 0 Å². The highest BCUT2D eigenvalue weighted by molar-refractivity contribution is 7.17. The monoisotopic (exact) mass is 596 g/mol. The minimum atomic E-state index is -0.418. The Kier molecular flexibility index (Phi) is 7.73. The molecule has 1 aliphatic rings. The van der Waals surface area contributed by atoms with Crippen LogP contribution in [0.3, 0.4) is 0 Å². The van der Waals surface area contributed by atoms with E-state index >= 15 is 0 Å². The zero-order chi connectivity index (χ0) is 29.2. The highest BCUT2D eigenvalue weighted by Crippen LogP contribution is 2.27. The number of rotatable bonds is 10. The number of carbonyl (C=O) groups is 1. The lowest BCUT2D eigenvalue weighted by Crippen LogP contribution is -2.47. The highest BCUT2D eigenvalue weighted by atomic mass is 32.1. The summed E-state index contributed by atoms with van der Waals surface area (Å²) in [5, 5.41) is 6.98. The van der Waals surface area contributed by atoms with Gasteiger partial charge in [-0.2, -0.15) is 9.50 Å². The molecule has 0 unspecified atom stereocenters. The number of amides is 1. The largest absolute Gasteiger partial charge is 0.484 e. The van der Waals surface area contributed by atoms with Crippen LogP contribution in [0.2, 0.25) is 0 Å². The molecule has 4 aromatic heterocycles. The number of nitrogens with two attached hydrogens (primary N) is 2. The Bertz CT molecular complexity index is 1780. The van der Waals surface area contributed by atoms with Gasteiger partial charge in [0.2, 0.25) is 11.8 Å². The number of fused-ring (bicyclic) bond motifs is 3.